The normalized spacial score (nSPS) is 19.2. The van der Waals surface area contributed by atoms with Gasteiger partial charge in [-0.3, -0.25) is 4.79 Å². The van der Waals surface area contributed by atoms with Gasteiger partial charge in [0.1, 0.15) is 11.6 Å². The summed E-state index contributed by atoms with van der Waals surface area (Å²) in [5.41, 5.74) is 4.97. The molecule has 2 aliphatic rings. The monoisotopic (exact) mass is 325 g/mol. The molecule has 0 radical (unpaired) electrons. The lowest BCUT2D eigenvalue weighted by atomic mass is 9.85. The number of fused-ring (bicyclic) bond motifs is 2. The molecule has 1 unspecified atom stereocenters. The van der Waals surface area contributed by atoms with Crippen LogP contribution in [0, 0.1) is 0 Å². The van der Waals surface area contributed by atoms with Gasteiger partial charge in [0.25, 0.3) is 0 Å². The maximum Gasteiger partial charge on any atom is 0.226 e. The minimum absolute atomic E-state index is 0.00194. The van der Waals surface area contributed by atoms with Crippen molar-refractivity contribution >= 4 is 11.7 Å². The number of amides is 1. The third kappa shape index (κ3) is 2.30. The number of hydrogen-bond donors (Lipinski definition) is 1. The van der Waals surface area contributed by atoms with Gasteiger partial charge in [-0.2, -0.15) is 5.10 Å². The summed E-state index contributed by atoms with van der Waals surface area (Å²) < 4.78 is 7.56. The van der Waals surface area contributed by atoms with E-state index in [2.05, 4.69) is 36.4 Å². The number of aryl methyl sites for hydroxylation is 2. The molecule has 1 atom stereocenters. The molecule has 0 saturated heterocycles. The maximum absolute atomic E-state index is 12.3. The zero-order valence-electron chi connectivity index (χ0n) is 14.4. The average Bonchev–Trinajstić information content (AvgIpc) is 3.18. The average molecular weight is 325 g/mol. The number of carbonyl (C=O) groups is 1. The number of ether oxygens (including phenoxy) is 1. The van der Waals surface area contributed by atoms with E-state index in [1.807, 2.05) is 10.9 Å². The topological polar surface area (TPSA) is 56.1 Å². The standard InChI is InChI=1S/C19H23N3O2/c1-11(2)22-19-16(10-20-22)14(9-18(23)21-19)15-7-12-5-4-6-13(12)8-17(15)24-3/h7-8,10-11,14H,4-6,9H2,1-3H3,(H,21,23). The van der Waals surface area contributed by atoms with Crippen LogP contribution >= 0.6 is 0 Å². The molecule has 1 aromatic heterocycles. The number of nitrogens with one attached hydrogen (secondary N) is 1. The number of methoxy groups -OCH3 is 1. The molecule has 1 N–H and O–H groups in total. The van der Waals surface area contributed by atoms with E-state index in [4.69, 9.17) is 4.74 Å². The Bertz CT molecular complexity index is 807. The first-order chi connectivity index (χ1) is 11.6. The first-order valence-electron chi connectivity index (χ1n) is 8.65. The largest absolute Gasteiger partial charge is 0.496 e. The van der Waals surface area contributed by atoms with Crippen LogP contribution in [0.25, 0.3) is 0 Å². The van der Waals surface area contributed by atoms with Crippen LogP contribution in [0.2, 0.25) is 0 Å². The van der Waals surface area contributed by atoms with Gasteiger partial charge in [0.05, 0.1) is 13.3 Å². The molecule has 5 nitrogen and oxygen atoms in total. The van der Waals surface area contributed by atoms with Crippen LogP contribution in [-0.4, -0.2) is 22.8 Å². The molecule has 1 aliphatic heterocycles. The molecule has 2 aromatic rings. The molecule has 2 heterocycles. The lowest BCUT2D eigenvalue weighted by molar-refractivity contribution is -0.116. The molecule has 0 bridgehead atoms. The van der Waals surface area contributed by atoms with Gasteiger partial charge in [-0.05, 0) is 50.3 Å². The van der Waals surface area contributed by atoms with Crippen LogP contribution in [0.15, 0.2) is 18.3 Å². The third-order valence-electron chi connectivity index (χ3n) is 5.16. The third-order valence-corrected chi connectivity index (χ3v) is 5.16. The Balaban J connectivity index is 1.85. The molecule has 24 heavy (non-hydrogen) atoms. The second-order valence-corrected chi connectivity index (χ2v) is 7.01. The van der Waals surface area contributed by atoms with Gasteiger partial charge in [0, 0.05) is 29.5 Å². The highest BCUT2D eigenvalue weighted by atomic mass is 16.5. The van der Waals surface area contributed by atoms with Crippen molar-refractivity contribution in [3.63, 3.8) is 0 Å². The van der Waals surface area contributed by atoms with Crippen LogP contribution in [-0.2, 0) is 17.6 Å². The van der Waals surface area contributed by atoms with Crippen molar-refractivity contribution in [1.29, 1.82) is 0 Å². The summed E-state index contributed by atoms with van der Waals surface area (Å²) in [6.07, 6.45) is 5.76. The van der Waals surface area contributed by atoms with E-state index in [9.17, 15) is 4.79 Å². The smallest absolute Gasteiger partial charge is 0.226 e. The quantitative estimate of drug-likeness (QED) is 0.940. The van der Waals surface area contributed by atoms with Crippen molar-refractivity contribution in [3.05, 3.63) is 40.6 Å². The van der Waals surface area contributed by atoms with E-state index in [-0.39, 0.29) is 17.9 Å². The summed E-state index contributed by atoms with van der Waals surface area (Å²) in [4.78, 5) is 12.3. The van der Waals surface area contributed by atoms with Gasteiger partial charge in [0.15, 0.2) is 0 Å². The molecule has 0 fully saturated rings. The van der Waals surface area contributed by atoms with Crippen molar-refractivity contribution in [3.8, 4) is 5.75 Å². The molecular formula is C19H23N3O2. The van der Waals surface area contributed by atoms with Gasteiger partial charge in [-0.15, -0.1) is 0 Å². The van der Waals surface area contributed by atoms with E-state index < -0.39 is 0 Å². The van der Waals surface area contributed by atoms with E-state index >= 15 is 0 Å². The number of nitrogens with zero attached hydrogens (tertiary/aromatic N) is 2. The zero-order chi connectivity index (χ0) is 16.8. The van der Waals surface area contributed by atoms with Gasteiger partial charge in [-0.25, -0.2) is 4.68 Å². The minimum Gasteiger partial charge on any atom is -0.496 e. The molecule has 1 amide bonds. The first-order valence-corrected chi connectivity index (χ1v) is 8.65. The molecule has 0 saturated carbocycles. The Morgan fingerprint density at radius 1 is 1.25 bits per heavy atom. The number of hydrogen-bond acceptors (Lipinski definition) is 3. The number of rotatable bonds is 3. The predicted molar refractivity (Wildman–Crippen MR) is 92.7 cm³/mol. The van der Waals surface area contributed by atoms with E-state index in [1.54, 1.807) is 7.11 Å². The Labute approximate surface area is 142 Å². The van der Waals surface area contributed by atoms with Crippen molar-refractivity contribution in [2.24, 2.45) is 0 Å². The Kier molecular flexibility index (Phi) is 3.59. The fourth-order valence-corrected chi connectivity index (χ4v) is 3.98. The molecule has 5 heteroatoms. The fourth-order valence-electron chi connectivity index (χ4n) is 3.98. The lowest BCUT2D eigenvalue weighted by Crippen LogP contribution is -2.25. The van der Waals surface area contributed by atoms with Crippen LogP contribution in [0.4, 0.5) is 5.82 Å². The fraction of sp³-hybridized carbons (Fsp3) is 0.474. The first kappa shape index (κ1) is 15.2. The summed E-state index contributed by atoms with van der Waals surface area (Å²) in [7, 11) is 1.71. The summed E-state index contributed by atoms with van der Waals surface area (Å²) in [5.74, 6) is 1.76. The predicted octanol–water partition coefficient (Wildman–Crippen LogP) is 3.44. The van der Waals surface area contributed by atoms with Gasteiger partial charge >= 0.3 is 0 Å². The Morgan fingerprint density at radius 2 is 2.00 bits per heavy atom. The van der Waals surface area contributed by atoms with Gasteiger partial charge < -0.3 is 10.1 Å². The lowest BCUT2D eigenvalue weighted by Gasteiger charge is -2.26. The maximum atomic E-state index is 12.3. The zero-order valence-corrected chi connectivity index (χ0v) is 14.4. The number of anilines is 1. The number of aromatic nitrogens is 2. The summed E-state index contributed by atoms with van der Waals surface area (Å²) in [6, 6.07) is 4.62. The summed E-state index contributed by atoms with van der Waals surface area (Å²) >= 11 is 0. The van der Waals surface area contributed by atoms with Crippen molar-refractivity contribution in [2.75, 3.05) is 12.4 Å². The Hall–Kier alpha value is -2.30. The molecule has 1 aromatic carbocycles. The molecule has 1 aliphatic carbocycles. The van der Waals surface area contributed by atoms with E-state index in [0.717, 1.165) is 35.5 Å². The van der Waals surface area contributed by atoms with E-state index in [0.29, 0.717) is 6.42 Å². The van der Waals surface area contributed by atoms with Crippen LogP contribution in [0.5, 0.6) is 5.75 Å². The van der Waals surface area contributed by atoms with Gasteiger partial charge in [0.2, 0.25) is 5.91 Å². The van der Waals surface area contributed by atoms with Crippen LogP contribution in [0.3, 0.4) is 0 Å². The minimum atomic E-state index is 0.00194. The summed E-state index contributed by atoms with van der Waals surface area (Å²) in [6.45, 7) is 4.14. The van der Waals surface area contributed by atoms with Crippen LogP contribution in [0.1, 0.15) is 60.9 Å². The molecule has 126 valence electrons. The van der Waals surface area contributed by atoms with Crippen LogP contribution < -0.4 is 10.1 Å². The number of benzene rings is 1. The highest BCUT2D eigenvalue weighted by Gasteiger charge is 2.33. The Morgan fingerprint density at radius 3 is 2.71 bits per heavy atom. The highest BCUT2D eigenvalue weighted by Crippen LogP contribution is 2.43. The van der Waals surface area contributed by atoms with Crippen molar-refractivity contribution in [2.45, 2.75) is 51.5 Å². The van der Waals surface area contributed by atoms with Gasteiger partial charge in [-0.1, -0.05) is 6.07 Å². The molecule has 4 rings (SSSR count). The SMILES string of the molecule is COc1cc2c(cc1C1CC(=O)Nc3c1cnn3C(C)C)CCC2. The van der Waals surface area contributed by atoms with E-state index in [1.165, 1.54) is 17.5 Å². The number of carbonyl (C=O) groups excluding carboxylic acids is 1. The molecular weight excluding hydrogens is 302 g/mol. The van der Waals surface area contributed by atoms with Crippen molar-refractivity contribution < 1.29 is 9.53 Å². The summed E-state index contributed by atoms with van der Waals surface area (Å²) in [5, 5.41) is 7.50. The second-order valence-electron chi connectivity index (χ2n) is 7.01. The highest BCUT2D eigenvalue weighted by molar-refractivity contribution is 5.94. The second kappa shape index (κ2) is 5.65. The molecule has 0 spiro atoms. The van der Waals surface area contributed by atoms with Crippen molar-refractivity contribution in [1.82, 2.24) is 9.78 Å².